The summed E-state index contributed by atoms with van der Waals surface area (Å²) in [6, 6.07) is 1.33. The standard InChI is InChI=1S/2C12H21NO.C12H23NO.C11H19NO.C11H21NO.C10H19NO.6C8H16/c1-9-2-6-11(7-3-9)12(14)13-8-10-4-5-10;1-9-5-7-10(8-6-9)12(14)13-11-3-2-4-11;1-9-5-7-10(8-6-9)11(14)13-12(2,3)4;1-8-2-4-9(5-3-8)11(13)12-10-6-7-10;1-8(2)12-11(13)10-6-4-9(3)5-7-10;1-3-11-10(12)9-6-4-8(2)5-7-9;6*1-7-3-5-8(2)6-4-7/h2*9-11H,2-8H2,1H3,(H,13,14);9-10H,5-8H2,1-4H3,(H,13,14);8-10H,2-7H2,1H3,(H,12,13);8-10H,4-7H2,1-3H3,(H,12,13);8-9H,3-7H2,1-2H3,(H,11,12);6*7-8H,3-6H2,1-2H3. The van der Waals surface area contributed by atoms with E-state index in [1.54, 1.807) is 0 Å². The van der Waals surface area contributed by atoms with Crippen LogP contribution in [0.5, 0.6) is 0 Å². The minimum absolute atomic E-state index is 0.0832. The summed E-state index contributed by atoms with van der Waals surface area (Å²) in [6.45, 7) is 55.9. The zero-order valence-corrected chi connectivity index (χ0v) is 89.4. The molecular weight excluding hydrogens is 1570 g/mol. The minimum Gasteiger partial charge on any atom is -0.356 e. The first kappa shape index (κ1) is 117. The normalized spacial score (nSPS) is 34.5. The van der Waals surface area contributed by atoms with Crippen molar-refractivity contribution in [2.24, 2.45) is 148 Å². The van der Waals surface area contributed by atoms with Crippen molar-refractivity contribution in [3.8, 4) is 0 Å². The Hall–Kier alpha value is -3.18. The fourth-order valence-corrected chi connectivity index (χ4v) is 21.0. The van der Waals surface area contributed by atoms with Gasteiger partial charge in [0.2, 0.25) is 35.4 Å². The predicted molar refractivity (Wildman–Crippen MR) is 550 cm³/mol. The van der Waals surface area contributed by atoms with E-state index in [-0.39, 0.29) is 35.2 Å². The van der Waals surface area contributed by atoms with Crippen LogP contribution in [-0.4, -0.2) is 72.2 Å². The molecular formula is C116H220N6O6. The summed E-state index contributed by atoms with van der Waals surface area (Å²) in [5.74, 6) is 21.6. The number of amides is 6. The minimum atomic E-state index is -0.0832. The monoisotopic (exact) mass is 1790 g/mol. The lowest BCUT2D eigenvalue weighted by atomic mass is 9.82. The molecule has 0 aromatic carbocycles. The van der Waals surface area contributed by atoms with Crippen LogP contribution in [0.4, 0.5) is 0 Å². The van der Waals surface area contributed by atoms with Gasteiger partial charge in [0.15, 0.2) is 0 Å². The van der Waals surface area contributed by atoms with E-state index < -0.39 is 0 Å². The van der Waals surface area contributed by atoms with Crippen molar-refractivity contribution in [2.75, 3.05) is 13.1 Å². The summed E-state index contributed by atoms with van der Waals surface area (Å²) in [6.07, 6.45) is 72.0. The molecule has 0 heterocycles. The maximum absolute atomic E-state index is 11.8. The van der Waals surface area contributed by atoms with Crippen LogP contribution < -0.4 is 31.9 Å². The number of carbonyl (C=O) groups is 6. The van der Waals surface area contributed by atoms with Gasteiger partial charge in [-0.05, 0) is 353 Å². The molecule has 0 unspecified atom stereocenters. The largest absolute Gasteiger partial charge is 0.356 e. The Morgan fingerprint density at radius 3 is 0.578 bits per heavy atom. The highest BCUT2D eigenvalue weighted by Gasteiger charge is 2.34. The van der Waals surface area contributed by atoms with Crippen molar-refractivity contribution in [3.05, 3.63) is 0 Å². The first-order valence-corrected chi connectivity index (χ1v) is 56.5. The topological polar surface area (TPSA) is 175 Å². The third-order valence-corrected chi connectivity index (χ3v) is 33.1. The highest BCUT2D eigenvalue weighted by molar-refractivity contribution is 5.81. The number of hydrogen-bond donors (Lipinski definition) is 6. The van der Waals surface area contributed by atoms with Gasteiger partial charge in [0, 0.05) is 72.3 Å². The van der Waals surface area contributed by atoms with Crippen molar-refractivity contribution in [1.29, 1.82) is 0 Å². The number of hydrogen-bond acceptors (Lipinski definition) is 6. The second-order valence-electron chi connectivity index (χ2n) is 49.3. The van der Waals surface area contributed by atoms with E-state index >= 15 is 0 Å². The molecule has 0 spiro atoms. The molecule has 15 fully saturated rings. The zero-order valence-electron chi connectivity index (χ0n) is 89.4. The molecule has 15 aliphatic carbocycles. The molecule has 15 aliphatic rings. The summed E-state index contributed by atoms with van der Waals surface area (Å²) in [5, 5.41) is 18.3. The van der Waals surface area contributed by atoms with Gasteiger partial charge in [-0.1, -0.05) is 279 Å². The Bertz CT molecular complexity index is 2540. The van der Waals surface area contributed by atoms with E-state index in [2.05, 4.69) is 157 Å². The van der Waals surface area contributed by atoms with Crippen LogP contribution in [0.3, 0.4) is 0 Å². The van der Waals surface area contributed by atoms with Crippen molar-refractivity contribution < 1.29 is 28.8 Å². The lowest BCUT2D eigenvalue weighted by Crippen LogP contribution is -2.44. The quantitative estimate of drug-likeness (QED) is 0.113. The van der Waals surface area contributed by atoms with Gasteiger partial charge < -0.3 is 31.9 Å². The third kappa shape index (κ3) is 57.6. The molecule has 6 amide bonds. The maximum Gasteiger partial charge on any atom is 0.223 e. The Balaban J connectivity index is 0.000000295. The molecule has 0 atom stereocenters. The van der Waals surface area contributed by atoms with Gasteiger partial charge in [0.25, 0.3) is 0 Å². The van der Waals surface area contributed by atoms with Crippen LogP contribution >= 0.6 is 0 Å². The van der Waals surface area contributed by atoms with Gasteiger partial charge in [0.1, 0.15) is 0 Å². The molecule has 12 nitrogen and oxygen atoms in total. The maximum atomic E-state index is 11.8. The Labute approximate surface area is 795 Å². The molecule has 0 bridgehead atoms. The number of rotatable bonds is 12. The summed E-state index contributed by atoms with van der Waals surface area (Å²) < 4.78 is 0. The predicted octanol–water partition coefficient (Wildman–Crippen LogP) is 30.9. The summed E-state index contributed by atoms with van der Waals surface area (Å²) in [4.78, 5) is 70.0. The highest BCUT2D eigenvalue weighted by Crippen LogP contribution is 2.38. The first-order chi connectivity index (χ1) is 60.7. The van der Waals surface area contributed by atoms with Crippen LogP contribution in [0.25, 0.3) is 0 Å². The molecule has 0 aromatic heterocycles. The van der Waals surface area contributed by atoms with E-state index in [0.717, 1.165) is 203 Å². The Morgan fingerprint density at radius 2 is 0.406 bits per heavy atom. The summed E-state index contributed by atoms with van der Waals surface area (Å²) in [5.41, 5.74) is -0.0832. The van der Waals surface area contributed by atoms with Crippen molar-refractivity contribution in [3.63, 3.8) is 0 Å². The van der Waals surface area contributed by atoms with Crippen LogP contribution in [0.15, 0.2) is 0 Å². The van der Waals surface area contributed by atoms with Gasteiger partial charge >= 0.3 is 0 Å². The molecule has 0 aliphatic heterocycles. The number of nitrogens with one attached hydrogen (secondary N) is 6. The van der Waals surface area contributed by atoms with Crippen molar-refractivity contribution in [1.82, 2.24) is 31.9 Å². The van der Waals surface area contributed by atoms with Gasteiger partial charge in [0.05, 0.1) is 0 Å². The Morgan fingerprint density at radius 1 is 0.227 bits per heavy atom. The first-order valence-electron chi connectivity index (χ1n) is 56.5. The van der Waals surface area contributed by atoms with E-state index in [4.69, 9.17) is 0 Å². The molecule has 0 aromatic rings. The zero-order chi connectivity index (χ0) is 94.7. The number of carbonyl (C=O) groups excluding carboxylic acids is 6. The highest BCUT2D eigenvalue weighted by atomic mass is 16.2. The average molecular weight is 1800 g/mol. The van der Waals surface area contributed by atoms with Crippen molar-refractivity contribution in [2.45, 2.75) is 543 Å². The lowest BCUT2D eigenvalue weighted by Gasteiger charge is -2.31. The summed E-state index contributed by atoms with van der Waals surface area (Å²) >= 11 is 0. The molecule has 0 radical (unpaired) electrons. The third-order valence-electron chi connectivity index (χ3n) is 33.1. The molecule has 750 valence electrons. The summed E-state index contributed by atoms with van der Waals surface area (Å²) in [7, 11) is 0. The van der Waals surface area contributed by atoms with Crippen LogP contribution in [0, 0.1) is 148 Å². The van der Waals surface area contributed by atoms with Gasteiger partial charge in [-0.15, -0.1) is 0 Å². The van der Waals surface area contributed by atoms with Crippen LogP contribution in [0.2, 0.25) is 0 Å². The lowest BCUT2D eigenvalue weighted by molar-refractivity contribution is -0.128. The van der Waals surface area contributed by atoms with E-state index in [0.29, 0.717) is 59.4 Å². The Kier molecular flexibility index (Phi) is 60.7. The molecule has 0 saturated heterocycles. The van der Waals surface area contributed by atoms with Gasteiger partial charge in [-0.3, -0.25) is 28.8 Å². The fraction of sp³-hybridized carbons (Fsp3) is 0.948. The van der Waals surface area contributed by atoms with Gasteiger partial charge in [-0.2, -0.15) is 0 Å². The van der Waals surface area contributed by atoms with E-state index in [1.165, 1.54) is 276 Å². The van der Waals surface area contributed by atoms with Crippen LogP contribution in [-0.2, 0) is 28.8 Å². The van der Waals surface area contributed by atoms with E-state index in [9.17, 15) is 28.8 Å². The molecule has 15 saturated carbocycles. The van der Waals surface area contributed by atoms with Gasteiger partial charge in [-0.25, -0.2) is 0 Å². The van der Waals surface area contributed by atoms with Crippen LogP contribution in [0.1, 0.15) is 519 Å². The molecule has 15 rings (SSSR count). The molecule has 128 heavy (non-hydrogen) atoms. The van der Waals surface area contributed by atoms with E-state index in [1.807, 2.05) is 41.5 Å². The molecule has 6 N–H and O–H groups in total. The second kappa shape index (κ2) is 66.3. The van der Waals surface area contributed by atoms with Crippen molar-refractivity contribution >= 4 is 35.4 Å². The SMILES string of the molecule is CC1CCC(C(=O)NC(C)(C)C)CC1.CC1CCC(C(=O)NC(C)C)CC1.CC1CCC(C(=O)NC2CC2)CC1.CC1CCC(C(=O)NC2CCC2)CC1.CC1CCC(C(=O)NCC2CC2)CC1.CC1CCC(C)CC1.CC1CCC(C)CC1.CC1CCC(C)CC1.CC1CCC(C)CC1.CC1CCC(C)CC1.CC1CCC(C)CC1.CCNC(=O)C1CCC(C)CC1. The average Bonchev–Trinajstić information content (AvgIpc) is 1.56. The second-order valence-corrected chi connectivity index (χ2v) is 49.3. The molecule has 12 heteroatoms. The fourth-order valence-electron chi connectivity index (χ4n) is 21.0. The smallest absolute Gasteiger partial charge is 0.223 e.